The molecule has 0 heterocycles. The number of carboxylic acid groups (broad SMARTS) is 1. The Labute approximate surface area is 118 Å². The van der Waals surface area contributed by atoms with E-state index < -0.39 is 18.1 Å². The number of hydrogen-bond donors (Lipinski definition) is 3. The minimum atomic E-state index is -1.01. The number of carboxylic acids is 1. The summed E-state index contributed by atoms with van der Waals surface area (Å²) in [6.07, 6.45) is 1.40. The molecule has 0 radical (unpaired) electrons. The largest absolute Gasteiger partial charge is 0.480 e. The second kappa shape index (κ2) is 7.77. The van der Waals surface area contributed by atoms with Gasteiger partial charge in [0.05, 0.1) is 0 Å². The van der Waals surface area contributed by atoms with E-state index in [9.17, 15) is 14.7 Å². The van der Waals surface area contributed by atoms with Gasteiger partial charge in [-0.15, -0.1) is 0 Å². The number of aryl methyl sites for hydroxylation is 1. The fourth-order valence-corrected chi connectivity index (χ4v) is 1.89. The summed E-state index contributed by atoms with van der Waals surface area (Å²) in [4.78, 5) is 21.5. The van der Waals surface area contributed by atoms with Crippen LogP contribution < -0.4 is 5.73 Å². The molecule has 2 atom stereocenters. The zero-order chi connectivity index (χ0) is 15.1. The number of aliphatic hydroxyl groups excluding tert-OH is 1. The Kier molecular flexibility index (Phi) is 6.35. The Morgan fingerprint density at radius 3 is 2.25 bits per heavy atom. The van der Waals surface area contributed by atoms with Gasteiger partial charge in [0.15, 0.2) is 5.78 Å². The summed E-state index contributed by atoms with van der Waals surface area (Å²) in [5.41, 5.74) is 7.44. The highest BCUT2D eigenvalue weighted by Gasteiger charge is 2.12. The average molecular weight is 279 g/mol. The molecule has 1 aromatic rings. The number of ketones is 1. The van der Waals surface area contributed by atoms with E-state index in [1.165, 1.54) is 6.92 Å². The number of nitrogens with two attached hydrogens (primary N) is 1. The number of Topliss-reactive ketones (excluding diaryl/α,β-unsaturated/α-hetero) is 1. The zero-order valence-corrected chi connectivity index (χ0v) is 11.6. The molecular formula is C15H21NO4. The highest BCUT2D eigenvalue weighted by atomic mass is 16.4. The standard InChI is InChI=1S/C15H21NO4/c1-10(17)14(18)4-2-3-11-5-7-12(8-6-11)9-13(16)15(19)20/h5-8,13-14,18H,2-4,9,16H2,1H3,(H,19,20). The monoisotopic (exact) mass is 279 g/mol. The molecule has 0 amide bonds. The lowest BCUT2D eigenvalue weighted by molar-refractivity contribution is -0.138. The normalized spacial score (nSPS) is 13.8. The smallest absolute Gasteiger partial charge is 0.320 e. The number of hydrogen-bond acceptors (Lipinski definition) is 4. The van der Waals surface area contributed by atoms with E-state index in [0.29, 0.717) is 12.8 Å². The van der Waals surface area contributed by atoms with Gasteiger partial charge in [0, 0.05) is 0 Å². The quantitative estimate of drug-likeness (QED) is 0.656. The van der Waals surface area contributed by atoms with E-state index in [-0.39, 0.29) is 5.78 Å². The fourth-order valence-electron chi connectivity index (χ4n) is 1.89. The molecule has 0 saturated carbocycles. The van der Waals surface area contributed by atoms with Crippen molar-refractivity contribution in [2.75, 3.05) is 0 Å². The van der Waals surface area contributed by atoms with E-state index in [0.717, 1.165) is 24.0 Å². The number of aliphatic hydroxyl groups is 1. The minimum Gasteiger partial charge on any atom is -0.480 e. The molecule has 20 heavy (non-hydrogen) atoms. The van der Waals surface area contributed by atoms with Gasteiger partial charge in [0.2, 0.25) is 0 Å². The van der Waals surface area contributed by atoms with Gasteiger partial charge in [0.25, 0.3) is 0 Å². The summed E-state index contributed by atoms with van der Waals surface area (Å²) in [5.74, 6) is -1.21. The molecule has 2 unspecified atom stereocenters. The van der Waals surface area contributed by atoms with Gasteiger partial charge in [0.1, 0.15) is 12.1 Å². The molecule has 0 fully saturated rings. The van der Waals surface area contributed by atoms with E-state index >= 15 is 0 Å². The Balaban J connectivity index is 2.43. The predicted molar refractivity (Wildman–Crippen MR) is 75.4 cm³/mol. The third-order valence-corrected chi connectivity index (χ3v) is 3.21. The number of carbonyl (C=O) groups excluding carboxylic acids is 1. The van der Waals surface area contributed by atoms with Crippen molar-refractivity contribution in [2.24, 2.45) is 5.73 Å². The molecule has 0 aliphatic heterocycles. The van der Waals surface area contributed by atoms with Crippen LogP contribution in [0.15, 0.2) is 24.3 Å². The van der Waals surface area contributed by atoms with Crippen LogP contribution in [0.3, 0.4) is 0 Å². The Hall–Kier alpha value is -1.72. The Morgan fingerprint density at radius 2 is 1.75 bits per heavy atom. The minimum absolute atomic E-state index is 0.206. The summed E-state index contributed by atoms with van der Waals surface area (Å²) in [6.45, 7) is 1.38. The summed E-state index contributed by atoms with van der Waals surface area (Å²) < 4.78 is 0. The van der Waals surface area contributed by atoms with Gasteiger partial charge in [-0.2, -0.15) is 0 Å². The SMILES string of the molecule is CC(=O)C(O)CCCc1ccc(CC(N)C(=O)O)cc1. The summed E-state index contributed by atoms with van der Waals surface area (Å²) in [7, 11) is 0. The van der Waals surface area contributed by atoms with Crippen molar-refractivity contribution in [2.45, 2.75) is 44.8 Å². The first-order valence-electron chi connectivity index (χ1n) is 6.65. The maximum absolute atomic E-state index is 10.9. The van der Waals surface area contributed by atoms with Crippen LogP contribution in [-0.2, 0) is 22.4 Å². The van der Waals surface area contributed by atoms with Crippen molar-refractivity contribution in [3.8, 4) is 0 Å². The topological polar surface area (TPSA) is 101 Å². The van der Waals surface area contributed by atoms with Gasteiger partial charge in [-0.25, -0.2) is 0 Å². The highest BCUT2D eigenvalue weighted by molar-refractivity contribution is 5.80. The maximum Gasteiger partial charge on any atom is 0.320 e. The predicted octanol–water partition coefficient (Wildman–Crippen LogP) is 0.914. The lowest BCUT2D eigenvalue weighted by Crippen LogP contribution is -2.32. The van der Waals surface area contributed by atoms with Crippen LogP contribution in [-0.4, -0.2) is 34.1 Å². The Bertz CT molecular complexity index is 455. The molecule has 5 heteroatoms. The first-order chi connectivity index (χ1) is 9.40. The number of benzene rings is 1. The molecule has 1 aromatic carbocycles. The van der Waals surface area contributed by atoms with Crippen molar-refractivity contribution in [1.29, 1.82) is 0 Å². The molecule has 4 N–H and O–H groups in total. The molecule has 0 aliphatic rings. The van der Waals surface area contributed by atoms with Gasteiger partial charge in [-0.05, 0) is 43.7 Å². The van der Waals surface area contributed by atoms with Crippen molar-refractivity contribution in [3.63, 3.8) is 0 Å². The van der Waals surface area contributed by atoms with Gasteiger partial charge >= 0.3 is 5.97 Å². The van der Waals surface area contributed by atoms with Crippen LogP contribution in [0.2, 0.25) is 0 Å². The summed E-state index contributed by atoms with van der Waals surface area (Å²) in [5, 5.41) is 18.1. The first-order valence-corrected chi connectivity index (χ1v) is 6.65. The van der Waals surface area contributed by atoms with Crippen LogP contribution in [0.5, 0.6) is 0 Å². The van der Waals surface area contributed by atoms with E-state index in [2.05, 4.69) is 0 Å². The molecule has 0 aliphatic carbocycles. The zero-order valence-electron chi connectivity index (χ0n) is 11.6. The number of aliphatic carboxylic acids is 1. The fraction of sp³-hybridized carbons (Fsp3) is 0.467. The molecule has 110 valence electrons. The van der Waals surface area contributed by atoms with Crippen LogP contribution in [0.1, 0.15) is 30.9 Å². The Morgan fingerprint density at radius 1 is 1.20 bits per heavy atom. The van der Waals surface area contributed by atoms with Crippen molar-refractivity contribution in [3.05, 3.63) is 35.4 Å². The van der Waals surface area contributed by atoms with Gasteiger partial charge in [-0.1, -0.05) is 24.3 Å². The lowest BCUT2D eigenvalue weighted by Gasteiger charge is -2.08. The van der Waals surface area contributed by atoms with E-state index in [1.807, 2.05) is 24.3 Å². The average Bonchev–Trinajstić information content (AvgIpc) is 2.40. The second-order valence-corrected chi connectivity index (χ2v) is 4.98. The molecule has 5 nitrogen and oxygen atoms in total. The summed E-state index contributed by atoms with van der Waals surface area (Å²) >= 11 is 0. The van der Waals surface area contributed by atoms with Crippen LogP contribution in [0.25, 0.3) is 0 Å². The summed E-state index contributed by atoms with van der Waals surface area (Å²) in [6, 6.07) is 6.68. The highest BCUT2D eigenvalue weighted by Crippen LogP contribution is 2.10. The van der Waals surface area contributed by atoms with Crippen molar-refractivity contribution < 1.29 is 19.8 Å². The van der Waals surface area contributed by atoms with Crippen molar-refractivity contribution in [1.82, 2.24) is 0 Å². The molecule has 0 aromatic heterocycles. The third kappa shape index (κ3) is 5.50. The molecule has 1 rings (SSSR count). The van der Waals surface area contributed by atoms with Crippen molar-refractivity contribution >= 4 is 11.8 Å². The maximum atomic E-state index is 10.9. The molecule has 0 saturated heterocycles. The molecule has 0 spiro atoms. The molecular weight excluding hydrogens is 258 g/mol. The number of rotatable bonds is 8. The third-order valence-electron chi connectivity index (χ3n) is 3.21. The van der Waals surface area contributed by atoms with Gasteiger partial charge < -0.3 is 15.9 Å². The van der Waals surface area contributed by atoms with Crippen LogP contribution in [0, 0.1) is 0 Å². The lowest BCUT2D eigenvalue weighted by atomic mass is 10.0. The first kappa shape index (κ1) is 16.3. The van der Waals surface area contributed by atoms with Crippen LogP contribution in [0.4, 0.5) is 0 Å². The van der Waals surface area contributed by atoms with Gasteiger partial charge in [-0.3, -0.25) is 9.59 Å². The van der Waals surface area contributed by atoms with E-state index in [4.69, 9.17) is 10.8 Å². The van der Waals surface area contributed by atoms with Crippen LogP contribution >= 0.6 is 0 Å². The second-order valence-electron chi connectivity index (χ2n) is 4.98. The van der Waals surface area contributed by atoms with E-state index in [1.54, 1.807) is 0 Å². The number of carbonyl (C=O) groups is 2. The molecule has 0 bridgehead atoms.